The van der Waals surface area contributed by atoms with Crippen molar-refractivity contribution in [3.63, 3.8) is 0 Å². The minimum atomic E-state index is -0.348. The van der Waals surface area contributed by atoms with Crippen molar-refractivity contribution >= 4 is 16.9 Å². The maximum atomic E-state index is 13.9. The number of hydrogen-bond acceptors (Lipinski definition) is 7. The van der Waals surface area contributed by atoms with E-state index in [2.05, 4.69) is 53.1 Å². The number of rotatable bonds is 3. The maximum absolute atomic E-state index is 13.9. The minimum absolute atomic E-state index is 0.122. The number of nitrogens with one attached hydrogen (secondary N) is 1. The molecule has 3 aromatic heterocycles. The van der Waals surface area contributed by atoms with E-state index in [9.17, 15) is 4.79 Å². The van der Waals surface area contributed by atoms with Gasteiger partial charge >= 0.3 is 5.69 Å². The Balaban J connectivity index is 1.72. The van der Waals surface area contributed by atoms with Crippen molar-refractivity contribution in [2.45, 2.75) is 46.3 Å². The van der Waals surface area contributed by atoms with Crippen LogP contribution in [0.4, 0.5) is 5.82 Å². The Bertz CT molecular complexity index is 1540. The van der Waals surface area contributed by atoms with Gasteiger partial charge in [-0.3, -0.25) is 4.98 Å². The first kappa shape index (κ1) is 22.7. The van der Waals surface area contributed by atoms with Crippen molar-refractivity contribution in [3.05, 3.63) is 69.9 Å². The first-order chi connectivity index (χ1) is 17.4. The predicted octanol–water partition coefficient (Wildman–Crippen LogP) is 3.97. The number of benzene rings is 1. The molecule has 1 aromatic carbocycles. The van der Waals surface area contributed by atoms with Crippen molar-refractivity contribution < 1.29 is 4.74 Å². The van der Waals surface area contributed by atoms with Gasteiger partial charge in [0.15, 0.2) is 5.65 Å². The van der Waals surface area contributed by atoms with E-state index in [0.29, 0.717) is 23.8 Å². The third-order valence-corrected chi connectivity index (χ3v) is 7.17. The zero-order valence-electron chi connectivity index (χ0n) is 21.1. The molecule has 0 spiro atoms. The zero-order chi connectivity index (χ0) is 25.0. The Hall–Kier alpha value is -3.78. The molecule has 1 saturated heterocycles. The molecule has 1 N–H and O–H groups in total. The highest BCUT2D eigenvalue weighted by molar-refractivity contribution is 5.93. The molecule has 2 aliphatic heterocycles. The second-order valence-electron chi connectivity index (χ2n) is 9.97. The normalized spacial score (nSPS) is 17.1. The number of aryl methyl sites for hydroxylation is 1. The lowest BCUT2D eigenvalue weighted by Gasteiger charge is -2.35. The number of piperazine rings is 1. The van der Waals surface area contributed by atoms with Gasteiger partial charge in [-0.2, -0.15) is 4.98 Å². The molecule has 6 rings (SSSR count). The molecule has 0 amide bonds. The van der Waals surface area contributed by atoms with Gasteiger partial charge in [0.05, 0.1) is 16.8 Å². The summed E-state index contributed by atoms with van der Waals surface area (Å²) in [6.07, 6.45) is 1.80. The minimum Gasteiger partial charge on any atom is -0.487 e. The van der Waals surface area contributed by atoms with Gasteiger partial charge in [0.2, 0.25) is 0 Å². The molecule has 8 nitrogen and oxygen atoms in total. The van der Waals surface area contributed by atoms with Gasteiger partial charge in [-0.05, 0) is 43.0 Å². The summed E-state index contributed by atoms with van der Waals surface area (Å²) >= 11 is 0. The second kappa shape index (κ2) is 8.71. The van der Waals surface area contributed by atoms with E-state index in [-0.39, 0.29) is 17.6 Å². The second-order valence-corrected chi connectivity index (χ2v) is 9.97. The molecule has 0 unspecified atom stereocenters. The van der Waals surface area contributed by atoms with Crippen molar-refractivity contribution in [2.24, 2.45) is 0 Å². The molecule has 1 fully saturated rings. The third kappa shape index (κ3) is 3.55. The number of ether oxygens (including phenoxy) is 1. The molecule has 0 radical (unpaired) electrons. The quantitative estimate of drug-likeness (QED) is 0.473. The van der Waals surface area contributed by atoms with E-state index >= 15 is 0 Å². The highest BCUT2D eigenvalue weighted by Gasteiger charge is 2.28. The average Bonchev–Trinajstić information content (AvgIpc) is 2.88. The lowest BCUT2D eigenvalue weighted by atomic mass is 10.0. The van der Waals surface area contributed by atoms with Gasteiger partial charge in [0, 0.05) is 37.4 Å². The van der Waals surface area contributed by atoms with Crippen LogP contribution in [0.5, 0.6) is 5.75 Å². The number of aromatic nitrogens is 4. The summed E-state index contributed by atoms with van der Waals surface area (Å²) in [4.78, 5) is 30.5. The van der Waals surface area contributed by atoms with Gasteiger partial charge in [-0.15, -0.1) is 0 Å². The lowest BCUT2D eigenvalue weighted by molar-refractivity contribution is 0.301. The fourth-order valence-electron chi connectivity index (χ4n) is 5.31. The van der Waals surface area contributed by atoms with Crippen LogP contribution >= 0.6 is 0 Å². The molecule has 1 atom stereocenters. The number of nitrogens with zero attached hydrogens (tertiary/aromatic N) is 5. The van der Waals surface area contributed by atoms with E-state index in [0.717, 1.165) is 58.8 Å². The van der Waals surface area contributed by atoms with Crippen molar-refractivity contribution in [3.8, 4) is 22.7 Å². The molecule has 5 heterocycles. The van der Waals surface area contributed by atoms with Gasteiger partial charge in [0.1, 0.15) is 23.9 Å². The van der Waals surface area contributed by atoms with Crippen molar-refractivity contribution in [1.29, 1.82) is 0 Å². The van der Waals surface area contributed by atoms with Crippen LogP contribution in [0, 0.1) is 6.92 Å². The third-order valence-electron chi connectivity index (χ3n) is 7.17. The van der Waals surface area contributed by atoms with Crippen LogP contribution in [0.2, 0.25) is 0 Å². The summed E-state index contributed by atoms with van der Waals surface area (Å²) in [6.45, 7) is 11.2. The number of anilines is 1. The molecule has 4 aromatic rings. The van der Waals surface area contributed by atoms with Crippen molar-refractivity contribution in [1.82, 2.24) is 24.8 Å². The van der Waals surface area contributed by atoms with Crippen LogP contribution in [-0.2, 0) is 6.61 Å². The molecule has 2 aliphatic rings. The van der Waals surface area contributed by atoms with Crippen LogP contribution < -0.4 is 20.6 Å². The Morgan fingerprint density at radius 1 is 1.17 bits per heavy atom. The molecule has 0 bridgehead atoms. The molecule has 36 heavy (non-hydrogen) atoms. The molecular formula is C28H30N6O2. The SMILES string of the molecule is Cc1ccnc(C(C)C)c1-n1c(=O)nc(N2CCNC[C@@H]2C)c2cc3c(nc21)-c1ccccc1CO3. The van der Waals surface area contributed by atoms with Gasteiger partial charge < -0.3 is 15.0 Å². The van der Waals surface area contributed by atoms with Crippen LogP contribution in [0.3, 0.4) is 0 Å². The Labute approximate surface area is 210 Å². The first-order valence-electron chi connectivity index (χ1n) is 12.6. The molecular weight excluding hydrogens is 452 g/mol. The van der Waals surface area contributed by atoms with Crippen LogP contribution in [0.15, 0.2) is 47.4 Å². The summed E-state index contributed by atoms with van der Waals surface area (Å²) in [5.74, 6) is 1.49. The monoisotopic (exact) mass is 482 g/mol. The zero-order valence-corrected chi connectivity index (χ0v) is 21.1. The van der Waals surface area contributed by atoms with Gasteiger partial charge in [-0.1, -0.05) is 38.1 Å². The summed E-state index contributed by atoms with van der Waals surface area (Å²) in [7, 11) is 0. The molecule has 0 aliphatic carbocycles. The van der Waals surface area contributed by atoms with E-state index in [1.807, 2.05) is 31.2 Å². The highest BCUT2D eigenvalue weighted by atomic mass is 16.5. The topological polar surface area (TPSA) is 85.2 Å². The number of pyridine rings is 2. The summed E-state index contributed by atoms with van der Waals surface area (Å²) in [5.41, 5.74) is 5.64. The predicted molar refractivity (Wildman–Crippen MR) is 141 cm³/mol. The van der Waals surface area contributed by atoms with E-state index < -0.39 is 0 Å². The molecule has 184 valence electrons. The van der Waals surface area contributed by atoms with Crippen molar-refractivity contribution in [2.75, 3.05) is 24.5 Å². The van der Waals surface area contributed by atoms with Crippen LogP contribution in [0.25, 0.3) is 28.0 Å². The lowest BCUT2D eigenvalue weighted by Crippen LogP contribution is -2.50. The fourth-order valence-corrected chi connectivity index (χ4v) is 5.31. The smallest absolute Gasteiger partial charge is 0.355 e. The Kier molecular flexibility index (Phi) is 5.48. The van der Waals surface area contributed by atoms with E-state index in [4.69, 9.17) is 9.72 Å². The number of fused-ring (bicyclic) bond motifs is 4. The highest BCUT2D eigenvalue weighted by Crippen LogP contribution is 2.40. The maximum Gasteiger partial charge on any atom is 0.355 e. The van der Waals surface area contributed by atoms with Crippen LogP contribution in [0.1, 0.15) is 43.5 Å². The summed E-state index contributed by atoms with van der Waals surface area (Å²) < 4.78 is 7.82. The fraction of sp³-hybridized carbons (Fsp3) is 0.357. The average molecular weight is 483 g/mol. The van der Waals surface area contributed by atoms with E-state index in [1.165, 1.54) is 0 Å². The molecule has 8 heteroatoms. The van der Waals surface area contributed by atoms with Gasteiger partial charge in [0.25, 0.3) is 0 Å². The van der Waals surface area contributed by atoms with E-state index in [1.54, 1.807) is 10.8 Å². The molecule has 0 saturated carbocycles. The Morgan fingerprint density at radius 2 is 2.00 bits per heavy atom. The van der Waals surface area contributed by atoms with Crippen LogP contribution in [-0.4, -0.2) is 45.2 Å². The largest absolute Gasteiger partial charge is 0.487 e. The van der Waals surface area contributed by atoms with Gasteiger partial charge in [-0.25, -0.2) is 14.3 Å². The standard InChI is InChI=1S/C28H30N6O2/c1-16(2)23-25(17(3)9-10-30-23)34-27-21(26(32-28(34)35)33-12-11-29-14-18(33)4)13-22-24(31-27)20-8-6-5-7-19(20)15-36-22/h5-10,13,16,18,29H,11-12,14-15H2,1-4H3/t18-/m0/s1. The summed E-state index contributed by atoms with van der Waals surface area (Å²) in [6, 6.07) is 12.3. The Morgan fingerprint density at radius 3 is 2.81 bits per heavy atom. The first-order valence-corrected chi connectivity index (χ1v) is 12.6. The summed E-state index contributed by atoms with van der Waals surface area (Å²) in [5, 5.41) is 4.23. The number of hydrogen-bond donors (Lipinski definition) is 1.